The Bertz CT molecular complexity index is 428. The number of nitrogens with zero attached hydrogens (tertiary/aromatic N) is 1. The zero-order valence-electron chi connectivity index (χ0n) is 10.4. The van der Waals surface area contributed by atoms with Crippen LogP contribution in [-0.2, 0) is 5.41 Å². The van der Waals surface area contributed by atoms with Gasteiger partial charge in [-0.3, -0.25) is 0 Å². The molecule has 0 aromatic heterocycles. The Morgan fingerprint density at radius 1 is 1.35 bits per heavy atom. The molecule has 0 radical (unpaired) electrons. The minimum Gasteiger partial charge on any atom is -0.497 e. The van der Waals surface area contributed by atoms with Gasteiger partial charge in [0, 0.05) is 5.41 Å². The van der Waals surface area contributed by atoms with Gasteiger partial charge in [-0.05, 0) is 37.0 Å². The molecule has 92 valence electrons. The number of hydrogen-bond acceptors (Lipinski definition) is 3. The maximum absolute atomic E-state index is 9.17. The van der Waals surface area contributed by atoms with E-state index < -0.39 is 0 Å². The number of methoxy groups -OCH3 is 1. The zero-order valence-corrected chi connectivity index (χ0v) is 10.4. The molecule has 1 aromatic rings. The van der Waals surface area contributed by atoms with Crippen LogP contribution in [0.25, 0.3) is 0 Å². The Morgan fingerprint density at radius 2 is 2.18 bits per heavy atom. The van der Waals surface area contributed by atoms with Crippen molar-refractivity contribution < 1.29 is 9.94 Å². The predicted molar refractivity (Wildman–Crippen MR) is 68.0 cm³/mol. The van der Waals surface area contributed by atoms with Gasteiger partial charge in [0.2, 0.25) is 0 Å². The normalized spacial score (nSPS) is 27.1. The summed E-state index contributed by atoms with van der Waals surface area (Å²) < 4.78 is 5.26. The molecule has 1 fully saturated rings. The van der Waals surface area contributed by atoms with Crippen molar-refractivity contribution in [3.63, 3.8) is 0 Å². The molecule has 1 saturated carbocycles. The van der Waals surface area contributed by atoms with Gasteiger partial charge in [-0.1, -0.05) is 30.6 Å². The van der Waals surface area contributed by atoms with E-state index in [0.717, 1.165) is 30.7 Å². The third kappa shape index (κ3) is 2.14. The van der Waals surface area contributed by atoms with Gasteiger partial charge in [0.05, 0.1) is 12.8 Å². The molecule has 0 bridgehead atoms. The zero-order chi connectivity index (χ0) is 12.3. The van der Waals surface area contributed by atoms with Crippen LogP contribution in [0.15, 0.2) is 29.4 Å². The van der Waals surface area contributed by atoms with E-state index in [0.29, 0.717) is 0 Å². The summed E-state index contributed by atoms with van der Waals surface area (Å²) >= 11 is 0. The molecule has 3 nitrogen and oxygen atoms in total. The quantitative estimate of drug-likeness (QED) is 0.628. The summed E-state index contributed by atoms with van der Waals surface area (Å²) in [5.41, 5.74) is 1.91. The molecule has 2 rings (SSSR count). The standard InChI is InChI=1S/C14H19NO2/c1-14(9-4-3-8-13(14)15-16)11-6-5-7-12(10-11)17-2/h5-7,10,16H,3-4,8-9H2,1-2H3. The molecule has 0 saturated heterocycles. The maximum Gasteiger partial charge on any atom is 0.119 e. The van der Waals surface area contributed by atoms with E-state index in [2.05, 4.69) is 18.1 Å². The molecule has 1 atom stereocenters. The van der Waals surface area contributed by atoms with Gasteiger partial charge in [-0.25, -0.2) is 0 Å². The van der Waals surface area contributed by atoms with Crippen molar-refractivity contribution in [3.05, 3.63) is 29.8 Å². The number of benzene rings is 1. The highest BCUT2D eigenvalue weighted by atomic mass is 16.5. The molecule has 3 heteroatoms. The van der Waals surface area contributed by atoms with Gasteiger partial charge in [0.15, 0.2) is 0 Å². The van der Waals surface area contributed by atoms with Crippen molar-refractivity contribution >= 4 is 5.71 Å². The lowest BCUT2D eigenvalue weighted by Crippen LogP contribution is -2.35. The summed E-state index contributed by atoms with van der Waals surface area (Å²) in [6.45, 7) is 2.15. The van der Waals surface area contributed by atoms with Crippen LogP contribution >= 0.6 is 0 Å². The van der Waals surface area contributed by atoms with E-state index >= 15 is 0 Å². The van der Waals surface area contributed by atoms with Crippen molar-refractivity contribution in [1.29, 1.82) is 0 Å². The van der Waals surface area contributed by atoms with Crippen LogP contribution in [0, 0.1) is 0 Å². The molecular formula is C14H19NO2. The molecule has 0 aliphatic heterocycles. The van der Waals surface area contributed by atoms with Crippen LogP contribution in [0.4, 0.5) is 0 Å². The average molecular weight is 233 g/mol. The van der Waals surface area contributed by atoms with E-state index in [1.54, 1.807) is 7.11 Å². The highest BCUT2D eigenvalue weighted by molar-refractivity contribution is 5.94. The molecule has 1 aliphatic rings. The first-order valence-electron chi connectivity index (χ1n) is 6.06. The van der Waals surface area contributed by atoms with E-state index in [-0.39, 0.29) is 5.41 Å². The van der Waals surface area contributed by atoms with Gasteiger partial charge in [0.25, 0.3) is 0 Å². The van der Waals surface area contributed by atoms with Gasteiger partial charge in [-0.2, -0.15) is 0 Å². The molecule has 0 heterocycles. The summed E-state index contributed by atoms with van der Waals surface area (Å²) in [5.74, 6) is 0.853. The topological polar surface area (TPSA) is 41.8 Å². The van der Waals surface area contributed by atoms with Crippen LogP contribution in [0.5, 0.6) is 5.75 Å². The Morgan fingerprint density at radius 3 is 2.88 bits per heavy atom. The first kappa shape index (κ1) is 12.0. The second-order valence-electron chi connectivity index (χ2n) is 4.82. The smallest absolute Gasteiger partial charge is 0.119 e. The SMILES string of the molecule is COc1cccc(C2(C)CCCCC2=NO)c1. The third-order valence-corrected chi connectivity index (χ3v) is 3.80. The van der Waals surface area contributed by atoms with Crippen LogP contribution in [0.2, 0.25) is 0 Å². The summed E-state index contributed by atoms with van der Waals surface area (Å²) in [6, 6.07) is 8.05. The first-order chi connectivity index (χ1) is 8.20. The lowest BCUT2D eigenvalue weighted by Gasteiger charge is -2.34. The number of oxime groups is 1. The number of hydrogen-bond donors (Lipinski definition) is 1. The van der Waals surface area contributed by atoms with Crippen molar-refractivity contribution in [2.75, 3.05) is 7.11 Å². The molecule has 17 heavy (non-hydrogen) atoms. The molecule has 1 aliphatic carbocycles. The summed E-state index contributed by atoms with van der Waals surface area (Å²) in [4.78, 5) is 0. The van der Waals surface area contributed by atoms with Crippen LogP contribution < -0.4 is 4.74 Å². The van der Waals surface area contributed by atoms with Gasteiger partial charge in [-0.15, -0.1) is 0 Å². The molecule has 1 aromatic carbocycles. The second kappa shape index (κ2) is 4.78. The van der Waals surface area contributed by atoms with Gasteiger partial charge < -0.3 is 9.94 Å². The summed E-state index contributed by atoms with van der Waals surface area (Å²) in [5, 5.41) is 12.7. The first-order valence-corrected chi connectivity index (χ1v) is 6.06. The van der Waals surface area contributed by atoms with Gasteiger partial charge >= 0.3 is 0 Å². The maximum atomic E-state index is 9.17. The van der Waals surface area contributed by atoms with E-state index in [9.17, 15) is 5.21 Å². The Labute approximate surface area is 102 Å². The van der Waals surface area contributed by atoms with Crippen LogP contribution in [0.3, 0.4) is 0 Å². The summed E-state index contributed by atoms with van der Waals surface area (Å²) in [6.07, 6.45) is 4.19. The Kier molecular flexibility index (Phi) is 3.36. The van der Waals surface area contributed by atoms with Crippen molar-refractivity contribution in [1.82, 2.24) is 0 Å². The lowest BCUT2D eigenvalue weighted by molar-refractivity contribution is 0.306. The van der Waals surface area contributed by atoms with Crippen molar-refractivity contribution in [2.24, 2.45) is 5.16 Å². The molecule has 1 unspecified atom stereocenters. The monoisotopic (exact) mass is 233 g/mol. The largest absolute Gasteiger partial charge is 0.497 e. The molecule has 0 spiro atoms. The third-order valence-electron chi connectivity index (χ3n) is 3.80. The molecule has 0 amide bonds. The average Bonchev–Trinajstić information content (AvgIpc) is 2.39. The van der Waals surface area contributed by atoms with Crippen molar-refractivity contribution in [2.45, 2.75) is 38.0 Å². The fourth-order valence-corrected chi connectivity index (χ4v) is 2.63. The Hall–Kier alpha value is -1.51. The lowest BCUT2D eigenvalue weighted by atomic mass is 9.69. The minimum atomic E-state index is -0.151. The van der Waals surface area contributed by atoms with Crippen LogP contribution in [0.1, 0.15) is 38.2 Å². The highest BCUT2D eigenvalue weighted by Gasteiger charge is 2.35. The summed E-state index contributed by atoms with van der Waals surface area (Å²) in [7, 11) is 1.67. The predicted octanol–water partition coefficient (Wildman–Crippen LogP) is 3.36. The fraction of sp³-hybridized carbons (Fsp3) is 0.500. The second-order valence-corrected chi connectivity index (χ2v) is 4.82. The minimum absolute atomic E-state index is 0.151. The molecular weight excluding hydrogens is 214 g/mol. The van der Waals surface area contributed by atoms with Gasteiger partial charge in [0.1, 0.15) is 5.75 Å². The van der Waals surface area contributed by atoms with E-state index in [4.69, 9.17) is 4.74 Å². The number of ether oxygens (including phenoxy) is 1. The molecule has 1 N–H and O–H groups in total. The number of rotatable bonds is 2. The van der Waals surface area contributed by atoms with E-state index in [1.807, 2.05) is 18.2 Å². The highest BCUT2D eigenvalue weighted by Crippen LogP contribution is 2.38. The van der Waals surface area contributed by atoms with Crippen molar-refractivity contribution in [3.8, 4) is 5.75 Å². The Balaban J connectivity index is 2.41. The fourth-order valence-electron chi connectivity index (χ4n) is 2.63. The van der Waals surface area contributed by atoms with E-state index in [1.165, 1.54) is 12.0 Å². The van der Waals surface area contributed by atoms with Crippen LogP contribution in [-0.4, -0.2) is 18.0 Å².